The molecule has 1 saturated heterocycles. The maximum atomic E-state index is 13.8. The lowest BCUT2D eigenvalue weighted by molar-refractivity contribution is -0.136. The molecule has 0 aliphatic carbocycles. The first-order chi connectivity index (χ1) is 13.8. The summed E-state index contributed by atoms with van der Waals surface area (Å²) in [5.74, 6) is -0.301. The van der Waals surface area contributed by atoms with Gasteiger partial charge in [0.05, 0.1) is 13.0 Å². The Bertz CT molecular complexity index is 743. The summed E-state index contributed by atoms with van der Waals surface area (Å²) < 4.78 is 19.4. The molecule has 1 aliphatic heterocycles. The highest BCUT2D eigenvalue weighted by molar-refractivity contribution is 5.93. The maximum Gasteiger partial charge on any atom is 0.345 e. The Hall–Kier alpha value is -2.64. The van der Waals surface area contributed by atoms with Gasteiger partial charge in [-0.2, -0.15) is 4.99 Å². The second kappa shape index (κ2) is 10.8. The number of carbonyl (C=O) groups is 2. The van der Waals surface area contributed by atoms with Gasteiger partial charge in [0.25, 0.3) is 0 Å². The van der Waals surface area contributed by atoms with E-state index < -0.39 is 11.8 Å². The van der Waals surface area contributed by atoms with Crippen LogP contribution in [0.4, 0.5) is 9.18 Å². The molecule has 0 saturated carbocycles. The third-order valence-corrected chi connectivity index (χ3v) is 5.09. The zero-order chi connectivity index (χ0) is 21.4. The summed E-state index contributed by atoms with van der Waals surface area (Å²) in [6.07, 6.45) is 3.29. The predicted molar refractivity (Wildman–Crippen MR) is 109 cm³/mol. The van der Waals surface area contributed by atoms with Crippen molar-refractivity contribution in [1.29, 1.82) is 0 Å². The van der Waals surface area contributed by atoms with Crippen molar-refractivity contribution in [2.24, 2.45) is 22.6 Å². The number of likely N-dealkylation sites (tertiary alicyclic amines) is 1. The summed E-state index contributed by atoms with van der Waals surface area (Å²) >= 11 is 0. The highest BCUT2D eigenvalue weighted by Gasteiger charge is 2.22. The second-order valence-electron chi connectivity index (χ2n) is 7.72. The van der Waals surface area contributed by atoms with Gasteiger partial charge in [0, 0.05) is 25.1 Å². The quantitative estimate of drug-likeness (QED) is 0.390. The standard InChI is InChI=1S/C21H30FN3O4/c1-14(2)20(23)24-21(28)25-9-7-15(8-10-25)4-3-11-29-17-6-5-16(12-19(26)27)18(22)13-17/h5-6,13-15H,3-4,7-12H2,1-2H3,(H,26,27)(H2,23,24,28). The summed E-state index contributed by atoms with van der Waals surface area (Å²) in [6.45, 7) is 5.62. The van der Waals surface area contributed by atoms with E-state index in [2.05, 4.69) is 4.99 Å². The number of benzene rings is 1. The fourth-order valence-corrected chi connectivity index (χ4v) is 3.21. The Morgan fingerprint density at radius 1 is 1.34 bits per heavy atom. The molecule has 3 N–H and O–H groups in total. The molecule has 1 aromatic carbocycles. The number of amidine groups is 1. The largest absolute Gasteiger partial charge is 0.493 e. The number of halogens is 1. The van der Waals surface area contributed by atoms with Crippen LogP contribution in [0.2, 0.25) is 0 Å². The van der Waals surface area contributed by atoms with Crippen LogP contribution in [0.1, 0.15) is 45.1 Å². The van der Waals surface area contributed by atoms with E-state index >= 15 is 0 Å². The minimum atomic E-state index is -1.07. The van der Waals surface area contributed by atoms with Crippen molar-refractivity contribution in [2.75, 3.05) is 19.7 Å². The number of nitrogens with zero attached hydrogens (tertiary/aromatic N) is 2. The minimum Gasteiger partial charge on any atom is -0.493 e. The smallest absolute Gasteiger partial charge is 0.345 e. The van der Waals surface area contributed by atoms with Gasteiger partial charge in [0.2, 0.25) is 0 Å². The fourth-order valence-electron chi connectivity index (χ4n) is 3.21. The molecule has 2 rings (SSSR count). The molecule has 0 spiro atoms. The first kappa shape index (κ1) is 22.6. The molecule has 0 unspecified atom stereocenters. The van der Waals surface area contributed by atoms with E-state index in [0.717, 1.165) is 25.7 Å². The molecular formula is C21H30FN3O4. The minimum absolute atomic E-state index is 0.0540. The molecule has 7 nitrogen and oxygen atoms in total. The first-order valence-electron chi connectivity index (χ1n) is 10.0. The molecule has 160 valence electrons. The van der Waals surface area contributed by atoms with Crippen LogP contribution < -0.4 is 10.5 Å². The molecule has 1 heterocycles. The average Bonchev–Trinajstić information content (AvgIpc) is 2.67. The van der Waals surface area contributed by atoms with Crippen molar-refractivity contribution < 1.29 is 23.8 Å². The second-order valence-corrected chi connectivity index (χ2v) is 7.72. The number of urea groups is 1. The third kappa shape index (κ3) is 7.36. The van der Waals surface area contributed by atoms with Crippen LogP contribution in [-0.2, 0) is 11.2 Å². The fraction of sp³-hybridized carbons (Fsp3) is 0.571. The number of rotatable bonds is 8. The van der Waals surface area contributed by atoms with E-state index in [1.807, 2.05) is 13.8 Å². The predicted octanol–water partition coefficient (Wildman–Crippen LogP) is 3.46. The maximum absolute atomic E-state index is 13.8. The highest BCUT2D eigenvalue weighted by atomic mass is 19.1. The van der Waals surface area contributed by atoms with Gasteiger partial charge < -0.3 is 20.5 Å². The molecule has 0 bridgehead atoms. The number of aliphatic imine (C=N–C) groups is 1. The highest BCUT2D eigenvalue weighted by Crippen LogP contribution is 2.23. The van der Waals surface area contributed by atoms with Crippen LogP contribution in [0.25, 0.3) is 0 Å². The van der Waals surface area contributed by atoms with Gasteiger partial charge in [-0.1, -0.05) is 19.9 Å². The number of hydrogen-bond donors (Lipinski definition) is 2. The van der Waals surface area contributed by atoms with E-state index in [0.29, 0.717) is 37.2 Å². The number of ether oxygens (including phenoxy) is 1. The number of carbonyl (C=O) groups excluding carboxylic acids is 1. The Morgan fingerprint density at radius 2 is 2.03 bits per heavy atom. The molecule has 0 radical (unpaired) electrons. The number of amides is 2. The van der Waals surface area contributed by atoms with E-state index in [1.165, 1.54) is 12.1 Å². The van der Waals surface area contributed by atoms with E-state index in [-0.39, 0.29) is 23.9 Å². The van der Waals surface area contributed by atoms with Crippen LogP contribution in [0.15, 0.2) is 23.2 Å². The summed E-state index contributed by atoms with van der Waals surface area (Å²) in [5, 5.41) is 8.73. The first-order valence-corrected chi connectivity index (χ1v) is 10.0. The Morgan fingerprint density at radius 3 is 2.62 bits per heavy atom. The summed E-state index contributed by atoms with van der Waals surface area (Å²) in [4.78, 5) is 28.5. The van der Waals surface area contributed by atoms with Crippen molar-refractivity contribution in [1.82, 2.24) is 4.90 Å². The van der Waals surface area contributed by atoms with Gasteiger partial charge in [0.1, 0.15) is 17.4 Å². The lowest BCUT2D eigenvalue weighted by atomic mass is 9.92. The summed E-state index contributed by atoms with van der Waals surface area (Å²) in [6, 6.07) is 4.01. The van der Waals surface area contributed by atoms with Crippen LogP contribution >= 0.6 is 0 Å². The van der Waals surface area contributed by atoms with Crippen molar-refractivity contribution in [3.63, 3.8) is 0 Å². The topological polar surface area (TPSA) is 105 Å². The normalized spacial score (nSPS) is 15.6. The molecule has 0 aromatic heterocycles. The van der Waals surface area contributed by atoms with Crippen molar-refractivity contribution in [2.45, 2.75) is 46.0 Å². The van der Waals surface area contributed by atoms with Crippen LogP contribution in [0.3, 0.4) is 0 Å². The Labute approximate surface area is 170 Å². The van der Waals surface area contributed by atoms with Gasteiger partial charge in [-0.15, -0.1) is 0 Å². The number of aliphatic carboxylic acids is 1. The summed E-state index contributed by atoms with van der Waals surface area (Å²) in [5.41, 5.74) is 5.90. The van der Waals surface area contributed by atoms with Gasteiger partial charge >= 0.3 is 12.0 Å². The van der Waals surface area contributed by atoms with Crippen LogP contribution in [-0.4, -0.2) is 47.5 Å². The number of nitrogens with two attached hydrogens (primary N) is 1. The number of carboxylic acid groups (broad SMARTS) is 1. The molecule has 0 atom stereocenters. The SMILES string of the molecule is CC(C)C(N)=NC(=O)N1CCC(CCCOc2ccc(CC(=O)O)c(F)c2)CC1. The lowest BCUT2D eigenvalue weighted by Gasteiger charge is -2.30. The van der Waals surface area contributed by atoms with Crippen molar-refractivity contribution in [3.05, 3.63) is 29.6 Å². The van der Waals surface area contributed by atoms with Crippen molar-refractivity contribution >= 4 is 17.8 Å². The number of piperidine rings is 1. The van der Waals surface area contributed by atoms with Gasteiger partial charge in [-0.3, -0.25) is 4.79 Å². The third-order valence-electron chi connectivity index (χ3n) is 5.09. The molecule has 2 amide bonds. The Kier molecular flexibility index (Phi) is 8.42. The van der Waals surface area contributed by atoms with Crippen LogP contribution in [0.5, 0.6) is 5.75 Å². The molecular weight excluding hydrogens is 377 g/mol. The zero-order valence-electron chi connectivity index (χ0n) is 17.1. The molecule has 1 fully saturated rings. The van der Waals surface area contributed by atoms with Crippen LogP contribution in [0, 0.1) is 17.7 Å². The number of hydrogen-bond acceptors (Lipinski definition) is 3. The average molecular weight is 407 g/mol. The van der Waals surface area contributed by atoms with E-state index in [9.17, 15) is 14.0 Å². The lowest BCUT2D eigenvalue weighted by Crippen LogP contribution is -2.38. The van der Waals surface area contributed by atoms with Gasteiger partial charge in [-0.25, -0.2) is 9.18 Å². The number of carboxylic acids is 1. The van der Waals surface area contributed by atoms with Gasteiger partial charge in [-0.05, 0) is 43.2 Å². The monoisotopic (exact) mass is 407 g/mol. The van der Waals surface area contributed by atoms with E-state index in [4.69, 9.17) is 15.6 Å². The van der Waals surface area contributed by atoms with Crippen molar-refractivity contribution in [3.8, 4) is 5.75 Å². The molecule has 8 heteroatoms. The molecule has 1 aromatic rings. The zero-order valence-corrected chi connectivity index (χ0v) is 17.1. The van der Waals surface area contributed by atoms with E-state index in [1.54, 1.807) is 11.0 Å². The Balaban J connectivity index is 1.68. The summed E-state index contributed by atoms with van der Waals surface area (Å²) in [7, 11) is 0. The van der Waals surface area contributed by atoms with Gasteiger partial charge in [0.15, 0.2) is 0 Å². The molecule has 29 heavy (non-hydrogen) atoms. The molecule has 1 aliphatic rings.